The van der Waals surface area contributed by atoms with Crippen LogP contribution in [0, 0.1) is 0 Å². The zero-order valence-corrected chi connectivity index (χ0v) is 14.1. The van der Waals surface area contributed by atoms with Crippen molar-refractivity contribution < 1.29 is 23.1 Å². The molecule has 0 aromatic carbocycles. The number of hydrogen-bond acceptors (Lipinski definition) is 4. The highest BCUT2D eigenvalue weighted by atomic mass is 32.2. The molecule has 0 saturated carbocycles. The second kappa shape index (κ2) is 8.47. The first-order valence-electron chi connectivity index (χ1n) is 7.80. The number of carboxylic acids is 1. The van der Waals surface area contributed by atoms with E-state index in [0.29, 0.717) is 26.1 Å². The third-order valence-electron chi connectivity index (χ3n) is 4.04. The van der Waals surface area contributed by atoms with Crippen molar-refractivity contribution in [3.63, 3.8) is 0 Å². The minimum absolute atomic E-state index is 0.00274. The van der Waals surface area contributed by atoms with E-state index in [1.165, 1.54) is 4.31 Å². The van der Waals surface area contributed by atoms with Crippen molar-refractivity contribution >= 4 is 21.9 Å². The second-order valence-electron chi connectivity index (χ2n) is 5.51. The number of sulfonamides is 1. The van der Waals surface area contributed by atoms with Crippen molar-refractivity contribution in [2.45, 2.75) is 52.0 Å². The maximum Gasteiger partial charge on any atom is 0.303 e. The Morgan fingerprint density at radius 1 is 1.23 bits per heavy atom. The van der Waals surface area contributed by atoms with Gasteiger partial charge in [-0.25, -0.2) is 12.7 Å². The highest BCUT2D eigenvalue weighted by Crippen LogP contribution is 2.21. The molecule has 8 heteroatoms. The summed E-state index contributed by atoms with van der Waals surface area (Å²) >= 11 is 0. The standard InChI is InChI=1S/C14H26N2O5S/c1-3-15(4-2)22(20,21)11-13(17)16-10-6-5-7-12(16)8-9-14(18)19/h12H,3-11H2,1-2H3,(H,18,19). The Labute approximate surface area is 132 Å². The Morgan fingerprint density at radius 2 is 1.86 bits per heavy atom. The fourth-order valence-corrected chi connectivity index (χ4v) is 4.31. The Balaban J connectivity index is 2.74. The summed E-state index contributed by atoms with van der Waals surface area (Å²) in [6, 6.07) is -0.163. The predicted molar refractivity (Wildman–Crippen MR) is 82.9 cm³/mol. The van der Waals surface area contributed by atoms with Crippen molar-refractivity contribution in [1.29, 1.82) is 0 Å². The fraction of sp³-hybridized carbons (Fsp3) is 0.857. The smallest absolute Gasteiger partial charge is 0.303 e. The molecule has 0 radical (unpaired) electrons. The molecule has 1 saturated heterocycles. The van der Waals surface area contributed by atoms with E-state index >= 15 is 0 Å². The largest absolute Gasteiger partial charge is 0.481 e. The summed E-state index contributed by atoms with van der Waals surface area (Å²) in [4.78, 5) is 24.6. The van der Waals surface area contributed by atoms with Crippen LogP contribution in [0.2, 0.25) is 0 Å². The molecule has 1 atom stereocenters. The first-order valence-corrected chi connectivity index (χ1v) is 9.41. The van der Waals surface area contributed by atoms with Crippen LogP contribution in [0.25, 0.3) is 0 Å². The van der Waals surface area contributed by atoms with Gasteiger partial charge in [0.1, 0.15) is 5.75 Å². The fourth-order valence-electron chi connectivity index (χ4n) is 2.87. The van der Waals surface area contributed by atoms with Crippen molar-refractivity contribution in [3.8, 4) is 0 Å². The molecule has 128 valence electrons. The number of piperidine rings is 1. The molecule has 1 aliphatic heterocycles. The summed E-state index contributed by atoms with van der Waals surface area (Å²) in [5.41, 5.74) is 0. The number of carbonyl (C=O) groups is 2. The van der Waals surface area contributed by atoms with Crippen molar-refractivity contribution in [2.24, 2.45) is 0 Å². The predicted octanol–water partition coefficient (Wildman–Crippen LogP) is 0.904. The molecule has 1 heterocycles. The van der Waals surface area contributed by atoms with Gasteiger partial charge >= 0.3 is 5.97 Å². The molecule has 7 nitrogen and oxygen atoms in total. The zero-order chi connectivity index (χ0) is 16.8. The SMILES string of the molecule is CCN(CC)S(=O)(=O)CC(=O)N1CCCCC1CCC(=O)O. The Morgan fingerprint density at radius 3 is 2.41 bits per heavy atom. The quantitative estimate of drug-likeness (QED) is 0.712. The normalized spacial score (nSPS) is 19.4. The van der Waals surface area contributed by atoms with Crippen molar-refractivity contribution in [2.75, 3.05) is 25.4 Å². The van der Waals surface area contributed by atoms with Crippen molar-refractivity contribution in [1.82, 2.24) is 9.21 Å². The molecule has 1 fully saturated rings. The maximum absolute atomic E-state index is 12.4. The average molecular weight is 334 g/mol. The molecule has 0 aliphatic carbocycles. The Hall–Kier alpha value is -1.15. The van der Waals surface area contributed by atoms with Gasteiger partial charge in [0.2, 0.25) is 15.9 Å². The summed E-state index contributed by atoms with van der Waals surface area (Å²) in [7, 11) is -3.60. The Bertz CT molecular complexity index is 487. The number of amides is 1. The van der Waals surface area contributed by atoms with E-state index in [1.54, 1.807) is 18.7 Å². The van der Waals surface area contributed by atoms with Crippen LogP contribution in [0.5, 0.6) is 0 Å². The van der Waals surface area contributed by atoms with Gasteiger partial charge in [0, 0.05) is 32.1 Å². The Kier molecular flexibility index (Phi) is 7.28. The molecule has 1 unspecified atom stereocenters. The van der Waals surface area contributed by atoms with Gasteiger partial charge in [-0.05, 0) is 25.7 Å². The van der Waals surface area contributed by atoms with Crippen LogP contribution in [-0.2, 0) is 19.6 Å². The number of carboxylic acid groups (broad SMARTS) is 1. The van der Waals surface area contributed by atoms with Gasteiger partial charge < -0.3 is 10.0 Å². The number of hydrogen-bond donors (Lipinski definition) is 1. The van der Waals surface area contributed by atoms with Gasteiger partial charge in [0.25, 0.3) is 0 Å². The minimum Gasteiger partial charge on any atom is -0.481 e. The first-order chi connectivity index (χ1) is 10.3. The summed E-state index contributed by atoms with van der Waals surface area (Å²) < 4.78 is 25.7. The third-order valence-corrected chi connectivity index (χ3v) is 5.96. The lowest BCUT2D eigenvalue weighted by molar-refractivity contribution is -0.139. The molecule has 0 aromatic rings. The number of carbonyl (C=O) groups excluding carboxylic acids is 1. The number of aliphatic carboxylic acids is 1. The maximum atomic E-state index is 12.4. The molecule has 1 aliphatic rings. The van der Waals surface area contributed by atoms with Crippen LogP contribution < -0.4 is 0 Å². The highest BCUT2D eigenvalue weighted by Gasteiger charge is 2.31. The van der Waals surface area contributed by atoms with E-state index in [2.05, 4.69) is 0 Å². The lowest BCUT2D eigenvalue weighted by Gasteiger charge is -2.36. The van der Waals surface area contributed by atoms with Gasteiger partial charge in [0.05, 0.1) is 0 Å². The molecule has 0 spiro atoms. The van der Waals surface area contributed by atoms with Crippen LogP contribution in [0.15, 0.2) is 0 Å². The van der Waals surface area contributed by atoms with Crippen LogP contribution >= 0.6 is 0 Å². The monoisotopic (exact) mass is 334 g/mol. The summed E-state index contributed by atoms with van der Waals surface area (Å²) in [5, 5.41) is 8.79. The number of likely N-dealkylation sites (tertiary alicyclic amines) is 1. The van der Waals surface area contributed by atoms with Crippen LogP contribution in [0.1, 0.15) is 46.0 Å². The van der Waals surface area contributed by atoms with Crippen LogP contribution in [0.4, 0.5) is 0 Å². The highest BCUT2D eigenvalue weighted by molar-refractivity contribution is 7.89. The summed E-state index contributed by atoms with van der Waals surface area (Å²) in [6.07, 6.45) is 2.89. The summed E-state index contributed by atoms with van der Waals surface area (Å²) in [5.74, 6) is -1.84. The third kappa shape index (κ3) is 5.24. The average Bonchev–Trinajstić information content (AvgIpc) is 2.45. The lowest BCUT2D eigenvalue weighted by atomic mass is 9.98. The summed E-state index contributed by atoms with van der Waals surface area (Å²) in [6.45, 7) is 4.67. The van der Waals surface area contributed by atoms with E-state index in [1.807, 2.05) is 0 Å². The number of rotatable bonds is 8. The topological polar surface area (TPSA) is 95.0 Å². The van der Waals surface area contributed by atoms with Gasteiger partial charge in [-0.3, -0.25) is 9.59 Å². The minimum atomic E-state index is -3.60. The molecular weight excluding hydrogens is 308 g/mol. The van der Waals surface area contributed by atoms with Gasteiger partial charge in [-0.2, -0.15) is 0 Å². The van der Waals surface area contributed by atoms with Crippen LogP contribution in [-0.4, -0.2) is 66.0 Å². The zero-order valence-electron chi connectivity index (χ0n) is 13.3. The van der Waals surface area contributed by atoms with Crippen molar-refractivity contribution in [3.05, 3.63) is 0 Å². The van der Waals surface area contributed by atoms with Crippen LogP contribution in [0.3, 0.4) is 0 Å². The molecule has 0 bridgehead atoms. The van der Waals surface area contributed by atoms with Gasteiger partial charge in [-0.1, -0.05) is 13.8 Å². The van der Waals surface area contributed by atoms with Gasteiger partial charge in [0.15, 0.2) is 0 Å². The van der Waals surface area contributed by atoms with Gasteiger partial charge in [-0.15, -0.1) is 0 Å². The molecular formula is C14H26N2O5S. The molecule has 0 aromatic heterocycles. The lowest BCUT2D eigenvalue weighted by Crippen LogP contribution is -2.48. The van der Waals surface area contributed by atoms with E-state index < -0.39 is 27.7 Å². The first kappa shape index (κ1) is 18.9. The van der Waals surface area contributed by atoms with E-state index in [4.69, 9.17) is 5.11 Å². The second-order valence-corrected chi connectivity index (χ2v) is 7.48. The van der Waals surface area contributed by atoms with E-state index in [0.717, 1.165) is 19.3 Å². The molecule has 1 amide bonds. The number of nitrogens with zero attached hydrogens (tertiary/aromatic N) is 2. The molecule has 22 heavy (non-hydrogen) atoms. The molecule has 1 N–H and O–H groups in total. The van der Waals surface area contributed by atoms with E-state index in [-0.39, 0.29) is 12.5 Å². The molecule has 1 rings (SSSR count). The van der Waals surface area contributed by atoms with E-state index in [9.17, 15) is 18.0 Å².